The number of carbonyl (C=O) groups excluding carboxylic acids is 1. The highest BCUT2D eigenvalue weighted by molar-refractivity contribution is 5.88. The van der Waals surface area contributed by atoms with Crippen molar-refractivity contribution >= 4 is 5.91 Å². The summed E-state index contributed by atoms with van der Waals surface area (Å²) in [5.41, 5.74) is 1.11. The van der Waals surface area contributed by atoms with Gasteiger partial charge in [0.2, 0.25) is 5.91 Å². The predicted octanol–water partition coefficient (Wildman–Crippen LogP) is 1.87. The second-order valence-electron chi connectivity index (χ2n) is 3.02. The van der Waals surface area contributed by atoms with E-state index in [1.165, 1.54) is 0 Å². The lowest BCUT2D eigenvalue weighted by atomic mass is 10.1. The van der Waals surface area contributed by atoms with Crippen LogP contribution in [0.5, 0.6) is 0 Å². The molecule has 72 valence electrons. The first-order valence-corrected chi connectivity index (χ1v) is 4.59. The summed E-state index contributed by atoms with van der Waals surface area (Å²) in [6.07, 6.45) is 9.89. The molecular formula is C11H17NO. The third kappa shape index (κ3) is 7.14. The largest absolute Gasteiger partial charge is 0.342 e. The van der Waals surface area contributed by atoms with Gasteiger partial charge in [-0.15, -0.1) is 6.42 Å². The molecule has 0 aliphatic rings. The summed E-state index contributed by atoms with van der Waals surface area (Å²) >= 11 is 0. The summed E-state index contributed by atoms with van der Waals surface area (Å²) in [6, 6.07) is 0. The fourth-order valence-electron chi connectivity index (χ4n) is 0.941. The Balaban J connectivity index is 3.78. The van der Waals surface area contributed by atoms with Gasteiger partial charge >= 0.3 is 0 Å². The first-order valence-electron chi connectivity index (χ1n) is 4.59. The normalized spacial score (nSPS) is 10.7. The molecule has 0 rings (SSSR count). The van der Waals surface area contributed by atoms with Gasteiger partial charge < -0.3 is 5.32 Å². The van der Waals surface area contributed by atoms with E-state index in [4.69, 9.17) is 6.42 Å². The van der Waals surface area contributed by atoms with Crippen LogP contribution in [0.4, 0.5) is 0 Å². The van der Waals surface area contributed by atoms with Crippen LogP contribution in [0.25, 0.3) is 0 Å². The molecule has 0 fully saturated rings. The van der Waals surface area contributed by atoms with E-state index in [1.54, 1.807) is 6.08 Å². The Morgan fingerprint density at radius 2 is 2.31 bits per heavy atom. The Hall–Kier alpha value is -1.23. The van der Waals surface area contributed by atoms with Crippen LogP contribution in [0.2, 0.25) is 0 Å². The minimum absolute atomic E-state index is 0.0912. The Bertz CT molecular complexity index is 223. The number of terminal acetylenes is 1. The Morgan fingerprint density at radius 1 is 1.62 bits per heavy atom. The minimum Gasteiger partial charge on any atom is -0.342 e. The van der Waals surface area contributed by atoms with E-state index in [1.807, 2.05) is 6.92 Å². The quantitative estimate of drug-likeness (QED) is 0.506. The van der Waals surface area contributed by atoms with E-state index in [9.17, 15) is 4.79 Å². The molecule has 1 amide bonds. The van der Waals surface area contributed by atoms with Gasteiger partial charge in [-0.3, -0.25) is 4.79 Å². The molecule has 0 aliphatic heterocycles. The van der Waals surface area contributed by atoms with Gasteiger partial charge in [-0.05, 0) is 19.8 Å². The third-order valence-electron chi connectivity index (χ3n) is 1.67. The molecule has 0 atom stereocenters. The number of amides is 1. The van der Waals surface area contributed by atoms with E-state index >= 15 is 0 Å². The number of hydrogen-bond acceptors (Lipinski definition) is 1. The summed E-state index contributed by atoms with van der Waals surface area (Å²) in [5.74, 6) is 2.26. The molecular weight excluding hydrogens is 162 g/mol. The van der Waals surface area contributed by atoms with Crippen molar-refractivity contribution in [3.05, 3.63) is 11.6 Å². The van der Waals surface area contributed by atoms with E-state index in [0.717, 1.165) is 24.8 Å². The van der Waals surface area contributed by atoms with Gasteiger partial charge in [-0.2, -0.15) is 0 Å². The molecule has 0 aromatic carbocycles. The zero-order valence-electron chi connectivity index (χ0n) is 8.39. The molecule has 2 heteroatoms. The third-order valence-corrected chi connectivity index (χ3v) is 1.67. The van der Waals surface area contributed by atoms with Gasteiger partial charge in [0.15, 0.2) is 0 Å². The Kier molecular flexibility index (Phi) is 6.72. The molecule has 0 aromatic heterocycles. The van der Waals surface area contributed by atoms with Gasteiger partial charge in [0.25, 0.3) is 0 Å². The molecule has 13 heavy (non-hydrogen) atoms. The predicted molar refractivity (Wildman–Crippen MR) is 55.1 cm³/mol. The van der Waals surface area contributed by atoms with Crippen molar-refractivity contribution in [2.45, 2.75) is 33.1 Å². The molecule has 2 nitrogen and oxygen atoms in total. The highest BCUT2D eigenvalue weighted by Crippen LogP contribution is 2.05. The molecule has 0 aliphatic carbocycles. The van der Waals surface area contributed by atoms with Crippen molar-refractivity contribution in [3.63, 3.8) is 0 Å². The van der Waals surface area contributed by atoms with Crippen molar-refractivity contribution in [3.8, 4) is 12.3 Å². The SMILES string of the molecule is C#CCNC(=O)/C=C(\C)CCCC. The molecule has 0 heterocycles. The smallest absolute Gasteiger partial charge is 0.244 e. The molecule has 0 saturated carbocycles. The van der Waals surface area contributed by atoms with Crippen LogP contribution in [0.15, 0.2) is 11.6 Å². The second-order valence-corrected chi connectivity index (χ2v) is 3.02. The molecule has 1 N–H and O–H groups in total. The molecule has 0 bridgehead atoms. The van der Waals surface area contributed by atoms with Crippen molar-refractivity contribution in [1.82, 2.24) is 5.32 Å². The highest BCUT2D eigenvalue weighted by Gasteiger charge is 1.95. The number of allylic oxidation sites excluding steroid dienone is 1. The molecule has 0 saturated heterocycles. The summed E-state index contributed by atoms with van der Waals surface area (Å²) in [7, 11) is 0. The van der Waals surface area contributed by atoms with E-state index in [0.29, 0.717) is 6.54 Å². The fraction of sp³-hybridized carbons (Fsp3) is 0.545. The van der Waals surface area contributed by atoms with Gasteiger partial charge in [-0.25, -0.2) is 0 Å². The van der Waals surface area contributed by atoms with Gasteiger partial charge in [0.1, 0.15) is 0 Å². The van der Waals surface area contributed by atoms with Crippen molar-refractivity contribution in [2.75, 3.05) is 6.54 Å². The lowest BCUT2D eigenvalue weighted by molar-refractivity contribution is -0.116. The fourth-order valence-corrected chi connectivity index (χ4v) is 0.941. The number of rotatable bonds is 5. The number of hydrogen-bond donors (Lipinski definition) is 1. The lowest BCUT2D eigenvalue weighted by Gasteiger charge is -1.99. The van der Waals surface area contributed by atoms with Crippen LogP contribution >= 0.6 is 0 Å². The molecule has 0 aromatic rings. The molecule has 0 radical (unpaired) electrons. The number of unbranched alkanes of at least 4 members (excludes halogenated alkanes) is 1. The van der Waals surface area contributed by atoms with Crippen molar-refractivity contribution in [2.24, 2.45) is 0 Å². The average Bonchev–Trinajstić information content (AvgIpc) is 2.11. The first kappa shape index (κ1) is 11.8. The van der Waals surface area contributed by atoms with Crippen molar-refractivity contribution < 1.29 is 4.79 Å². The van der Waals surface area contributed by atoms with Gasteiger partial charge in [0.05, 0.1) is 6.54 Å². The van der Waals surface area contributed by atoms with Crippen LogP contribution in [-0.2, 0) is 4.79 Å². The standard InChI is InChI=1S/C11H17NO/c1-4-6-7-10(3)9-11(13)12-8-5-2/h2,9H,4,6-8H2,1,3H3,(H,12,13)/b10-9+. The number of nitrogens with one attached hydrogen (secondary N) is 1. The van der Waals surface area contributed by atoms with E-state index in [-0.39, 0.29) is 5.91 Å². The summed E-state index contributed by atoms with van der Waals surface area (Å²) in [6.45, 7) is 4.40. The molecule has 0 spiro atoms. The zero-order chi connectivity index (χ0) is 10.1. The second kappa shape index (κ2) is 7.42. The summed E-state index contributed by atoms with van der Waals surface area (Å²) in [5, 5.41) is 2.59. The van der Waals surface area contributed by atoms with Gasteiger partial charge in [0, 0.05) is 6.08 Å². The van der Waals surface area contributed by atoms with Crippen LogP contribution in [-0.4, -0.2) is 12.5 Å². The van der Waals surface area contributed by atoms with Crippen LogP contribution in [0.3, 0.4) is 0 Å². The summed E-state index contributed by atoms with van der Waals surface area (Å²) < 4.78 is 0. The maximum Gasteiger partial charge on any atom is 0.244 e. The van der Waals surface area contributed by atoms with Crippen LogP contribution in [0.1, 0.15) is 33.1 Å². The topological polar surface area (TPSA) is 29.1 Å². The van der Waals surface area contributed by atoms with Gasteiger partial charge in [-0.1, -0.05) is 24.8 Å². The molecule has 0 unspecified atom stereocenters. The van der Waals surface area contributed by atoms with Crippen LogP contribution < -0.4 is 5.32 Å². The summed E-state index contributed by atoms with van der Waals surface area (Å²) in [4.78, 5) is 11.1. The highest BCUT2D eigenvalue weighted by atomic mass is 16.1. The van der Waals surface area contributed by atoms with Crippen LogP contribution in [0, 0.1) is 12.3 Å². The van der Waals surface area contributed by atoms with E-state index < -0.39 is 0 Å². The van der Waals surface area contributed by atoms with Crippen molar-refractivity contribution in [1.29, 1.82) is 0 Å². The monoisotopic (exact) mass is 179 g/mol. The Morgan fingerprint density at radius 3 is 2.85 bits per heavy atom. The minimum atomic E-state index is -0.0912. The Labute approximate surface area is 80.4 Å². The average molecular weight is 179 g/mol. The maximum atomic E-state index is 11.1. The van der Waals surface area contributed by atoms with E-state index in [2.05, 4.69) is 18.2 Å². The first-order chi connectivity index (χ1) is 6.20. The lowest BCUT2D eigenvalue weighted by Crippen LogP contribution is -2.21. The number of carbonyl (C=O) groups is 1. The maximum absolute atomic E-state index is 11.1. The zero-order valence-corrected chi connectivity index (χ0v) is 8.39.